The van der Waals surface area contributed by atoms with Gasteiger partial charge in [-0.3, -0.25) is 9.89 Å². The Morgan fingerprint density at radius 2 is 1.86 bits per heavy atom. The lowest BCUT2D eigenvalue weighted by molar-refractivity contribution is -0.274. The first kappa shape index (κ1) is 23.3. The molecule has 0 saturated carbocycles. The van der Waals surface area contributed by atoms with Crippen molar-refractivity contribution >= 4 is 35.6 Å². The molecule has 2 aromatic rings. The lowest BCUT2D eigenvalue weighted by atomic mass is 10.1. The maximum atomic E-state index is 12.2. The van der Waals surface area contributed by atoms with Crippen molar-refractivity contribution in [3.63, 3.8) is 0 Å². The molecule has 0 amide bonds. The summed E-state index contributed by atoms with van der Waals surface area (Å²) in [5, 5.41) is 2.88. The van der Waals surface area contributed by atoms with Gasteiger partial charge in [-0.25, -0.2) is 0 Å². The van der Waals surface area contributed by atoms with Crippen LogP contribution in [0.25, 0.3) is 0 Å². The second kappa shape index (κ2) is 10.7. The van der Waals surface area contributed by atoms with Crippen LogP contribution in [0.15, 0.2) is 52.1 Å². The van der Waals surface area contributed by atoms with E-state index >= 15 is 0 Å². The Bertz CT molecular complexity index is 761. The number of benzene rings is 1. The van der Waals surface area contributed by atoms with E-state index in [1.165, 1.54) is 30.7 Å². The third-order valence-corrected chi connectivity index (χ3v) is 4.50. The number of halogens is 4. The number of guanidine groups is 1. The average Bonchev–Trinajstić information content (AvgIpc) is 3.18. The molecule has 0 bridgehead atoms. The van der Waals surface area contributed by atoms with Crippen LogP contribution in [-0.2, 0) is 0 Å². The first-order chi connectivity index (χ1) is 13.4. The van der Waals surface area contributed by atoms with Crippen LogP contribution in [0.2, 0.25) is 0 Å². The standard InChI is InChI=1S/C19H23F3N4O2.HI/c20-19(21,22)28-15-8-6-14(7-9-15)25-18(23)24-13-16(17-5-4-12-27-17)26-10-2-1-3-11-26;/h4-9,12,16H,1-3,10-11,13H2,(H3,23,24,25);1H. The Labute approximate surface area is 184 Å². The molecule has 1 aliphatic rings. The summed E-state index contributed by atoms with van der Waals surface area (Å²) in [6, 6.07) is 9.08. The molecule has 0 radical (unpaired) electrons. The van der Waals surface area contributed by atoms with Crippen molar-refractivity contribution in [3.8, 4) is 5.75 Å². The monoisotopic (exact) mass is 524 g/mol. The van der Waals surface area contributed by atoms with Crippen LogP contribution >= 0.6 is 24.0 Å². The van der Waals surface area contributed by atoms with Crippen LogP contribution in [0.1, 0.15) is 31.1 Å². The van der Waals surface area contributed by atoms with Crippen molar-refractivity contribution < 1.29 is 22.3 Å². The summed E-state index contributed by atoms with van der Waals surface area (Å²) < 4.78 is 46.0. The quantitative estimate of drug-likeness (QED) is 0.324. The molecule has 0 spiro atoms. The molecule has 1 aliphatic heterocycles. The van der Waals surface area contributed by atoms with Crippen molar-refractivity contribution in [1.82, 2.24) is 4.90 Å². The van der Waals surface area contributed by atoms with Gasteiger partial charge in [-0.15, -0.1) is 37.1 Å². The van der Waals surface area contributed by atoms with E-state index in [1.54, 1.807) is 6.26 Å². The van der Waals surface area contributed by atoms with Gasteiger partial charge in [0.05, 0.1) is 18.8 Å². The third-order valence-electron chi connectivity index (χ3n) is 4.50. The highest BCUT2D eigenvalue weighted by Gasteiger charge is 2.31. The molecule has 10 heteroatoms. The van der Waals surface area contributed by atoms with Crippen LogP contribution in [0.3, 0.4) is 0 Å². The van der Waals surface area contributed by atoms with Crippen LogP contribution < -0.4 is 15.8 Å². The number of nitrogens with two attached hydrogens (primary N) is 1. The fraction of sp³-hybridized carbons (Fsp3) is 0.421. The molecule has 1 unspecified atom stereocenters. The van der Waals surface area contributed by atoms with Crippen LogP contribution in [-0.4, -0.2) is 36.9 Å². The molecular weight excluding hydrogens is 500 g/mol. The number of rotatable bonds is 6. The van der Waals surface area contributed by atoms with Crippen molar-refractivity contribution in [2.24, 2.45) is 10.7 Å². The highest BCUT2D eigenvalue weighted by Crippen LogP contribution is 2.26. The molecule has 6 nitrogen and oxygen atoms in total. The molecule has 1 saturated heterocycles. The Balaban J connectivity index is 0.00000300. The molecule has 0 aliphatic carbocycles. The van der Waals surface area contributed by atoms with Crippen molar-refractivity contribution in [1.29, 1.82) is 0 Å². The number of nitrogens with zero attached hydrogens (tertiary/aromatic N) is 2. The zero-order valence-corrected chi connectivity index (χ0v) is 18.0. The van der Waals surface area contributed by atoms with E-state index in [2.05, 4.69) is 19.9 Å². The second-order valence-corrected chi connectivity index (χ2v) is 6.55. The number of ether oxygens (including phenoxy) is 1. The summed E-state index contributed by atoms with van der Waals surface area (Å²) in [6.07, 6.45) is 0.428. The number of hydrogen-bond donors (Lipinski definition) is 2. The number of hydrogen-bond acceptors (Lipinski definition) is 4. The molecule has 3 N–H and O–H groups in total. The Morgan fingerprint density at radius 1 is 1.17 bits per heavy atom. The topological polar surface area (TPSA) is 76.0 Å². The molecule has 3 rings (SSSR count). The molecule has 160 valence electrons. The van der Waals surface area contributed by atoms with E-state index in [0.717, 1.165) is 31.7 Å². The van der Waals surface area contributed by atoms with Crippen molar-refractivity contribution in [2.75, 3.05) is 25.0 Å². The van der Waals surface area contributed by atoms with Crippen molar-refractivity contribution in [2.45, 2.75) is 31.7 Å². The van der Waals surface area contributed by atoms with Gasteiger partial charge in [0.25, 0.3) is 0 Å². The molecule has 2 heterocycles. The summed E-state index contributed by atoms with van der Waals surface area (Å²) in [6.45, 7) is 2.38. The minimum Gasteiger partial charge on any atom is -0.468 e. The zero-order chi connectivity index (χ0) is 20.0. The van der Waals surface area contributed by atoms with Crippen LogP contribution in [0.5, 0.6) is 5.75 Å². The van der Waals surface area contributed by atoms with Gasteiger partial charge in [0.15, 0.2) is 5.96 Å². The van der Waals surface area contributed by atoms with Gasteiger partial charge >= 0.3 is 6.36 Å². The average molecular weight is 524 g/mol. The van der Waals surface area contributed by atoms with Gasteiger partial charge in [-0.05, 0) is 62.3 Å². The van der Waals surface area contributed by atoms with Gasteiger partial charge in [-0.2, -0.15) is 0 Å². The highest BCUT2D eigenvalue weighted by molar-refractivity contribution is 14.0. The number of furan rings is 1. The lowest BCUT2D eigenvalue weighted by Crippen LogP contribution is -2.36. The summed E-state index contributed by atoms with van der Waals surface area (Å²) >= 11 is 0. The summed E-state index contributed by atoms with van der Waals surface area (Å²) in [5.74, 6) is 0.724. The Kier molecular flexibility index (Phi) is 8.62. The third kappa shape index (κ3) is 7.42. The highest BCUT2D eigenvalue weighted by atomic mass is 127. The summed E-state index contributed by atoms with van der Waals surface area (Å²) in [4.78, 5) is 6.74. The predicted octanol–water partition coefficient (Wildman–Crippen LogP) is 4.75. The van der Waals surface area contributed by atoms with E-state index in [0.29, 0.717) is 12.2 Å². The van der Waals surface area contributed by atoms with Gasteiger partial charge in [-0.1, -0.05) is 6.42 Å². The van der Waals surface area contributed by atoms with E-state index in [-0.39, 0.29) is 41.7 Å². The zero-order valence-electron chi connectivity index (χ0n) is 15.7. The SMILES string of the molecule is I.NC(=NCC(c1ccco1)N1CCCCC1)Nc1ccc(OC(F)(F)F)cc1. The number of nitrogens with one attached hydrogen (secondary N) is 1. The van der Waals surface area contributed by atoms with E-state index in [1.807, 2.05) is 12.1 Å². The Hall–Kier alpha value is -1.95. The number of alkyl halides is 3. The maximum absolute atomic E-state index is 12.2. The van der Waals surface area contributed by atoms with Gasteiger partial charge in [0.2, 0.25) is 0 Å². The normalized spacial score (nSPS) is 16.7. The molecule has 1 fully saturated rings. The lowest BCUT2D eigenvalue weighted by Gasteiger charge is -2.32. The van der Waals surface area contributed by atoms with Gasteiger partial charge < -0.3 is 20.2 Å². The number of piperidine rings is 1. The minimum absolute atomic E-state index is 0. The first-order valence-electron chi connectivity index (χ1n) is 9.11. The first-order valence-corrected chi connectivity index (χ1v) is 9.11. The number of likely N-dealkylation sites (tertiary alicyclic amines) is 1. The molecule has 1 aromatic heterocycles. The van der Waals surface area contributed by atoms with E-state index in [4.69, 9.17) is 10.2 Å². The second-order valence-electron chi connectivity index (χ2n) is 6.55. The largest absolute Gasteiger partial charge is 0.573 e. The van der Waals surface area contributed by atoms with Gasteiger partial charge in [0.1, 0.15) is 11.5 Å². The molecule has 29 heavy (non-hydrogen) atoms. The molecule has 1 aromatic carbocycles. The predicted molar refractivity (Wildman–Crippen MR) is 116 cm³/mol. The maximum Gasteiger partial charge on any atom is 0.573 e. The fourth-order valence-corrected chi connectivity index (χ4v) is 3.21. The van der Waals surface area contributed by atoms with E-state index in [9.17, 15) is 13.2 Å². The Morgan fingerprint density at radius 3 is 2.45 bits per heavy atom. The summed E-state index contributed by atoms with van der Waals surface area (Å²) in [5.41, 5.74) is 6.47. The number of aliphatic imine (C=N–C) groups is 1. The van der Waals surface area contributed by atoms with E-state index < -0.39 is 6.36 Å². The van der Waals surface area contributed by atoms with Crippen LogP contribution in [0, 0.1) is 0 Å². The molecular formula is C19H24F3IN4O2. The van der Waals surface area contributed by atoms with Crippen LogP contribution in [0.4, 0.5) is 18.9 Å². The summed E-state index contributed by atoms with van der Waals surface area (Å²) in [7, 11) is 0. The van der Waals surface area contributed by atoms with Crippen molar-refractivity contribution in [3.05, 3.63) is 48.4 Å². The molecule has 1 atom stereocenters. The number of anilines is 1. The van der Waals surface area contributed by atoms with Gasteiger partial charge in [0, 0.05) is 5.69 Å². The smallest absolute Gasteiger partial charge is 0.468 e. The fourth-order valence-electron chi connectivity index (χ4n) is 3.21. The minimum atomic E-state index is -4.72.